The van der Waals surface area contributed by atoms with Crippen LogP contribution in [0.4, 0.5) is 0 Å². The highest BCUT2D eigenvalue weighted by Gasteiger charge is 2.48. The number of para-hydroxylation sites is 1. The molecular formula is C32H36N2O5S. The fourth-order valence-corrected chi connectivity index (χ4v) is 5.92. The minimum absolute atomic E-state index is 0.203. The SMILES string of the molecule is CCCCC1=C(Sc2nccn2C)C(=O)/C(=C/c2cccc(C(=O)OC)c2)C1(O)CCCCOc1ccccc1. The van der Waals surface area contributed by atoms with Gasteiger partial charge in [-0.2, -0.15) is 0 Å². The van der Waals surface area contributed by atoms with Gasteiger partial charge in [0.05, 0.1) is 24.2 Å². The Morgan fingerprint density at radius 2 is 1.93 bits per heavy atom. The van der Waals surface area contributed by atoms with Gasteiger partial charge in [-0.05, 0) is 85.3 Å². The number of unbranched alkanes of at least 4 members (excludes halogenated alkanes) is 2. The molecule has 0 bridgehead atoms. The first-order chi connectivity index (χ1) is 19.4. The summed E-state index contributed by atoms with van der Waals surface area (Å²) in [5, 5.41) is 13.0. The molecule has 0 saturated carbocycles. The number of imidazole rings is 1. The molecule has 210 valence electrons. The molecule has 0 radical (unpaired) electrons. The van der Waals surface area contributed by atoms with Gasteiger partial charge in [-0.15, -0.1) is 0 Å². The van der Waals surface area contributed by atoms with Crippen LogP contribution in [0.1, 0.15) is 61.4 Å². The van der Waals surface area contributed by atoms with Crippen LogP contribution in [0.5, 0.6) is 5.75 Å². The number of esters is 1. The van der Waals surface area contributed by atoms with Crippen LogP contribution < -0.4 is 4.74 Å². The Morgan fingerprint density at radius 1 is 1.12 bits per heavy atom. The summed E-state index contributed by atoms with van der Waals surface area (Å²) in [6.45, 7) is 2.61. The number of carbonyl (C=O) groups is 2. The van der Waals surface area contributed by atoms with E-state index in [4.69, 9.17) is 9.47 Å². The van der Waals surface area contributed by atoms with Crippen molar-refractivity contribution in [3.05, 3.63) is 94.2 Å². The van der Waals surface area contributed by atoms with Crippen LogP contribution in [-0.2, 0) is 16.6 Å². The standard InChI is InChI=1S/C32H36N2O5S/c1-4-5-16-26-29(40-31-33-18-19-34(31)2)28(35)27(22-23-12-11-13-24(21-23)30(36)38-3)32(26,37)17-9-10-20-39-25-14-7-6-8-15-25/h6-8,11-15,18-19,21-22,37H,4-5,9-10,16-17,20H2,1-3H3/b27-22-. The van der Waals surface area contributed by atoms with Crippen LogP contribution in [0, 0.1) is 0 Å². The highest BCUT2D eigenvalue weighted by Crippen LogP contribution is 2.49. The summed E-state index contributed by atoms with van der Waals surface area (Å²) < 4.78 is 12.6. The summed E-state index contributed by atoms with van der Waals surface area (Å²) in [5.41, 5.74) is 0.655. The van der Waals surface area contributed by atoms with Crippen LogP contribution in [0.2, 0.25) is 0 Å². The molecule has 0 aliphatic heterocycles. The Labute approximate surface area is 239 Å². The minimum atomic E-state index is -1.44. The van der Waals surface area contributed by atoms with Crippen molar-refractivity contribution in [3.63, 3.8) is 0 Å². The van der Waals surface area contributed by atoms with Crippen LogP contribution >= 0.6 is 11.8 Å². The Hall–Kier alpha value is -3.62. The number of allylic oxidation sites excluding steroid dienone is 1. The lowest BCUT2D eigenvalue weighted by Crippen LogP contribution is -2.32. The number of aromatic nitrogens is 2. The molecule has 1 heterocycles. The summed E-state index contributed by atoms with van der Waals surface area (Å²) in [5.74, 6) is 0.144. The third-order valence-electron chi connectivity index (χ3n) is 6.98. The molecule has 0 amide bonds. The van der Waals surface area contributed by atoms with Gasteiger partial charge in [-0.25, -0.2) is 9.78 Å². The Bertz CT molecular complexity index is 1400. The van der Waals surface area contributed by atoms with Gasteiger partial charge in [0.2, 0.25) is 0 Å². The van der Waals surface area contributed by atoms with Gasteiger partial charge in [0.25, 0.3) is 0 Å². The molecule has 7 nitrogen and oxygen atoms in total. The molecule has 2 aromatic carbocycles. The van der Waals surface area contributed by atoms with Crippen molar-refractivity contribution in [2.24, 2.45) is 7.05 Å². The lowest BCUT2D eigenvalue weighted by molar-refractivity contribution is -0.112. The van der Waals surface area contributed by atoms with Crippen LogP contribution in [-0.4, -0.2) is 45.7 Å². The summed E-state index contributed by atoms with van der Waals surface area (Å²) in [6.07, 6.45) is 9.38. The Balaban J connectivity index is 1.67. The van der Waals surface area contributed by atoms with E-state index in [9.17, 15) is 14.7 Å². The van der Waals surface area contributed by atoms with Gasteiger partial charge in [-0.1, -0.05) is 43.7 Å². The first kappa shape index (κ1) is 29.4. The molecule has 4 rings (SSSR count). The fraction of sp³-hybridized carbons (Fsp3) is 0.344. The normalized spacial score (nSPS) is 18.0. The molecule has 3 aromatic rings. The number of hydrogen-bond acceptors (Lipinski definition) is 7. The number of thioether (sulfide) groups is 1. The van der Waals surface area contributed by atoms with Crippen molar-refractivity contribution in [2.45, 2.75) is 56.2 Å². The highest BCUT2D eigenvalue weighted by atomic mass is 32.2. The number of Topliss-reactive ketones (excluding diaryl/α,β-unsaturated/α-hetero) is 1. The maximum atomic E-state index is 14.0. The van der Waals surface area contributed by atoms with E-state index in [1.807, 2.05) is 54.2 Å². The molecular weight excluding hydrogens is 524 g/mol. The number of aryl methyl sites for hydroxylation is 1. The first-order valence-corrected chi connectivity index (χ1v) is 14.4. The van der Waals surface area contributed by atoms with Gasteiger partial charge in [0.15, 0.2) is 10.9 Å². The second-order valence-corrected chi connectivity index (χ2v) is 10.8. The summed E-state index contributed by atoms with van der Waals surface area (Å²) >= 11 is 1.30. The van der Waals surface area contributed by atoms with E-state index in [-0.39, 0.29) is 5.78 Å². The number of nitrogens with zero attached hydrogens (tertiary/aromatic N) is 2. The van der Waals surface area contributed by atoms with Crippen molar-refractivity contribution >= 4 is 29.6 Å². The molecule has 1 unspecified atom stereocenters. The van der Waals surface area contributed by atoms with Crippen molar-refractivity contribution < 1.29 is 24.2 Å². The smallest absolute Gasteiger partial charge is 0.337 e. The van der Waals surface area contributed by atoms with Gasteiger partial charge < -0.3 is 19.1 Å². The zero-order valence-corrected chi connectivity index (χ0v) is 24.1. The third kappa shape index (κ3) is 6.74. The molecule has 0 saturated heterocycles. The zero-order chi connectivity index (χ0) is 28.5. The van der Waals surface area contributed by atoms with E-state index >= 15 is 0 Å². The quantitative estimate of drug-likeness (QED) is 0.147. The van der Waals surface area contributed by atoms with Gasteiger partial charge in [0.1, 0.15) is 11.4 Å². The molecule has 40 heavy (non-hydrogen) atoms. The molecule has 1 aromatic heterocycles. The summed E-state index contributed by atoms with van der Waals surface area (Å²) in [6, 6.07) is 16.5. The molecule has 0 fully saturated rings. The van der Waals surface area contributed by atoms with E-state index in [1.165, 1.54) is 18.9 Å². The van der Waals surface area contributed by atoms with Gasteiger partial charge in [0, 0.05) is 25.0 Å². The average molecular weight is 561 g/mol. The molecule has 1 N–H and O–H groups in total. The van der Waals surface area contributed by atoms with E-state index in [0.29, 0.717) is 52.6 Å². The Kier molecular flexibility index (Phi) is 10.0. The predicted molar refractivity (Wildman–Crippen MR) is 157 cm³/mol. The average Bonchev–Trinajstić information content (AvgIpc) is 3.46. The summed E-state index contributed by atoms with van der Waals surface area (Å²) in [4.78, 5) is 31.1. The molecule has 1 atom stereocenters. The lowest BCUT2D eigenvalue weighted by atomic mass is 9.82. The lowest BCUT2D eigenvalue weighted by Gasteiger charge is -2.28. The van der Waals surface area contributed by atoms with E-state index in [1.54, 1.807) is 30.5 Å². The number of benzene rings is 2. The van der Waals surface area contributed by atoms with E-state index < -0.39 is 11.6 Å². The monoisotopic (exact) mass is 560 g/mol. The molecule has 0 spiro atoms. The van der Waals surface area contributed by atoms with E-state index in [0.717, 1.165) is 30.6 Å². The molecule has 1 aliphatic rings. The highest BCUT2D eigenvalue weighted by molar-refractivity contribution is 8.04. The van der Waals surface area contributed by atoms with Crippen LogP contribution in [0.25, 0.3) is 6.08 Å². The van der Waals surface area contributed by atoms with Gasteiger partial charge >= 0.3 is 5.97 Å². The number of rotatable bonds is 13. The number of ketones is 1. The molecule has 1 aliphatic carbocycles. The largest absolute Gasteiger partial charge is 0.494 e. The van der Waals surface area contributed by atoms with Crippen molar-refractivity contribution in [2.75, 3.05) is 13.7 Å². The van der Waals surface area contributed by atoms with Crippen LogP contribution in [0.15, 0.2) is 88.2 Å². The van der Waals surface area contributed by atoms with Gasteiger partial charge in [-0.3, -0.25) is 4.79 Å². The second-order valence-electron chi connectivity index (χ2n) is 9.82. The third-order valence-corrected chi connectivity index (χ3v) is 8.20. The number of methoxy groups -OCH3 is 1. The topological polar surface area (TPSA) is 90.7 Å². The predicted octanol–water partition coefficient (Wildman–Crippen LogP) is 6.39. The maximum absolute atomic E-state index is 14.0. The minimum Gasteiger partial charge on any atom is -0.494 e. The van der Waals surface area contributed by atoms with Crippen molar-refractivity contribution in [1.29, 1.82) is 0 Å². The first-order valence-electron chi connectivity index (χ1n) is 13.6. The number of carbonyl (C=O) groups excluding carboxylic acids is 2. The number of aliphatic hydroxyl groups is 1. The van der Waals surface area contributed by atoms with Crippen molar-refractivity contribution in [1.82, 2.24) is 9.55 Å². The maximum Gasteiger partial charge on any atom is 0.337 e. The summed E-state index contributed by atoms with van der Waals surface area (Å²) in [7, 11) is 3.22. The van der Waals surface area contributed by atoms with E-state index in [2.05, 4.69) is 11.9 Å². The second kappa shape index (κ2) is 13.6. The number of hydrogen-bond donors (Lipinski definition) is 1. The zero-order valence-electron chi connectivity index (χ0n) is 23.3. The van der Waals surface area contributed by atoms with Crippen molar-refractivity contribution in [3.8, 4) is 5.75 Å². The fourth-order valence-electron chi connectivity index (χ4n) is 4.82. The number of ether oxygens (including phenoxy) is 2. The van der Waals surface area contributed by atoms with Crippen LogP contribution in [0.3, 0.4) is 0 Å². The molecule has 8 heteroatoms. The Morgan fingerprint density at radius 3 is 2.62 bits per heavy atom.